The minimum Gasteiger partial charge on any atom is -0.348 e. The smallest absolute Gasteiger partial charge is 0.253 e. The molecule has 5 nitrogen and oxygen atoms in total. The number of nitrogens with zero attached hydrogens (tertiary/aromatic N) is 3. The molecule has 1 amide bonds. The highest BCUT2D eigenvalue weighted by Crippen LogP contribution is 2.27. The lowest BCUT2D eigenvalue weighted by atomic mass is 10.0. The van der Waals surface area contributed by atoms with E-state index in [0.29, 0.717) is 17.6 Å². The van der Waals surface area contributed by atoms with E-state index in [0.717, 1.165) is 27.4 Å². The van der Waals surface area contributed by atoms with Gasteiger partial charge in [-0.25, -0.2) is 4.68 Å². The molecule has 2 heterocycles. The number of carbonyl (C=O) groups is 1. The molecule has 1 N–H and O–H groups in total. The fourth-order valence-corrected chi connectivity index (χ4v) is 3.67. The number of para-hydroxylation sites is 1. The molecule has 0 aliphatic heterocycles. The van der Waals surface area contributed by atoms with E-state index in [-0.39, 0.29) is 5.91 Å². The van der Waals surface area contributed by atoms with Gasteiger partial charge in [-0.2, -0.15) is 5.10 Å². The number of benzene rings is 3. The number of nitrogens with one attached hydrogen (secondary N) is 1. The minimum atomic E-state index is -0.144. The third-order valence-corrected chi connectivity index (χ3v) is 5.04. The summed E-state index contributed by atoms with van der Waals surface area (Å²) in [5, 5.41) is 10.5. The molecule has 0 radical (unpaired) electrons. The molecule has 0 atom stereocenters. The number of hydrogen-bond acceptors (Lipinski definition) is 3. The van der Waals surface area contributed by atoms with Crippen LogP contribution in [0.5, 0.6) is 0 Å². The molecule has 0 saturated carbocycles. The fraction of sp³-hybridized carbons (Fsp3) is 0.0417. The number of carbonyl (C=O) groups excluding carboxylic acids is 1. The van der Waals surface area contributed by atoms with Crippen molar-refractivity contribution in [3.8, 4) is 5.69 Å². The lowest BCUT2D eigenvalue weighted by Gasteiger charge is -2.12. The van der Waals surface area contributed by atoms with Gasteiger partial charge >= 0.3 is 0 Å². The van der Waals surface area contributed by atoms with Gasteiger partial charge in [0.1, 0.15) is 0 Å². The van der Waals surface area contributed by atoms with E-state index in [1.165, 1.54) is 0 Å². The quantitative estimate of drug-likeness (QED) is 0.468. The van der Waals surface area contributed by atoms with Gasteiger partial charge in [-0.3, -0.25) is 9.78 Å². The Kier molecular flexibility index (Phi) is 4.26. The first-order valence-corrected chi connectivity index (χ1v) is 9.44. The van der Waals surface area contributed by atoms with E-state index < -0.39 is 0 Å². The molecule has 140 valence electrons. The molecular formula is C24H18N4O. The number of hydrogen-bond donors (Lipinski definition) is 1. The maximum absolute atomic E-state index is 13.1. The van der Waals surface area contributed by atoms with Crippen LogP contribution in [0.15, 0.2) is 91.4 Å². The van der Waals surface area contributed by atoms with Crippen molar-refractivity contribution in [2.24, 2.45) is 0 Å². The highest BCUT2D eigenvalue weighted by Gasteiger charge is 2.14. The van der Waals surface area contributed by atoms with Crippen LogP contribution in [0.2, 0.25) is 0 Å². The van der Waals surface area contributed by atoms with E-state index in [2.05, 4.69) is 21.5 Å². The number of fused-ring (bicyclic) bond motifs is 3. The Morgan fingerprint density at radius 2 is 1.72 bits per heavy atom. The third kappa shape index (κ3) is 3.12. The molecule has 0 bridgehead atoms. The molecule has 29 heavy (non-hydrogen) atoms. The van der Waals surface area contributed by atoms with Crippen LogP contribution in [0.25, 0.3) is 27.4 Å². The summed E-state index contributed by atoms with van der Waals surface area (Å²) in [7, 11) is 0. The Morgan fingerprint density at radius 3 is 2.62 bits per heavy atom. The first kappa shape index (κ1) is 17.1. The second-order valence-electron chi connectivity index (χ2n) is 6.81. The van der Waals surface area contributed by atoms with Gasteiger partial charge in [0, 0.05) is 30.5 Å². The standard InChI is InChI=1S/C24H18N4O/c29-24(26-16-18-8-2-4-11-22(18)28-14-6-13-27-28)21-15-17-7-1-3-9-19(17)20-10-5-12-25-23(20)21/h1-15H,16H2,(H,26,29). The first-order valence-electron chi connectivity index (χ1n) is 9.44. The van der Waals surface area contributed by atoms with Crippen LogP contribution < -0.4 is 5.32 Å². The molecule has 2 aromatic heterocycles. The number of rotatable bonds is 4. The molecular weight excluding hydrogens is 360 g/mol. The fourth-order valence-electron chi connectivity index (χ4n) is 3.67. The Morgan fingerprint density at radius 1 is 0.897 bits per heavy atom. The average Bonchev–Trinajstić information content (AvgIpc) is 3.32. The summed E-state index contributed by atoms with van der Waals surface area (Å²) < 4.78 is 1.80. The zero-order valence-corrected chi connectivity index (χ0v) is 15.6. The lowest BCUT2D eigenvalue weighted by molar-refractivity contribution is 0.0952. The first-order chi connectivity index (χ1) is 14.3. The molecule has 0 fully saturated rings. The second-order valence-corrected chi connectivity index (χ2v) is 6.81. The van der Waals surface area contributed by atoms with Gasteiger partial charge < -0.3 is 5.32 Å². The van der Waals surface area contributed by atoms with Gasteiger partial charge in [0.25, 0.3) is 5.91 Å². The minimum absolute atomic E-state index is 0.144. The van der Waals surface area contributed by atoms with Crippen LogP contribution in [-0.2, 0) is 6.54 Å². The molecule has 0 spiro atoms. The van der Waals surface area contributed by atoms with Crippen molar-refractivity contribution in [1.82, 2.24) is 20.1 Å². The summed E-state index contributed by atoms with van der Waals surface area (Å²) in [5.74, 6) is -0.144. The molecule has 5 heteroatoms. The SMILES string of the molecule is O=C(NCc1ccccc1-n1cccn1)c1cc2ccccc2c2cccnc12. The zero-order valence-electron chi connectivity index (χ0n) is 15.6. The summed E-state index contributed by atoms with van der Waals surface area (Å²) in [6.07, 6.45) is 5.35. The van der Waals surface area contributed by atoms with Crippen LogP contribution in [-0.4, -0.2) is 20.7 Å². The van der Waals surface area contributed by atoms with Gasteiger partial charge in [-0.15, -0.1) is 0 Å². The maximum Gasteiger partial charge on any atom is 0.253 e. The van der Waals surface area contributed by atoms with Gasteiger partial charge in [0.2, 0.25) is 0 Å². The van der Waals surface area contributed by atoms with Crippen LogP contribution >= 0.6 is 0 Å². The van der Waals surface area contributed by atoms with E-state index in [9.17, 15) is 4.79 Å². The van der Waals surface area contributed by atoms with Crippen molar-refractivity contribution in [2.45, 2.75) is 6.54 Å². The zero-order chi connectivity index (χ0) is 19.6. The van der Waals surface area contributed by atoms with E-state index in [4.69, 9.17) is 0 Å². The van der Waals surface area contributed by atoms with Crippen LogP contribution in [0.1, 0.15) is 15.9 Å². The van der Waals surface area contributed by atoms with Gasteiger partial charge in [0.15, 0.2) is 0 Å². The predicted octanol–water partition coefficient (Wildman–Crippen LogP) is 4.50. The van der Waals surface area contributed by atoms with Gasteiger partial charge in [0.05, 0.1) is 16.8 Å². The summed E-state index contributed by atoms with van der Waals surface area (Å²) >= 11 is 0. The van der Waals surface area contributed by atoms with E-state index in [1.54, 1.807) is 17.1 Å². The van der Waals surface area contributed by atoms with Gasteiger partial charge in [-0.05, 0) is 40.6 Å². The number of amides is 1. The van der Waals surface area contributed by atoms with Crippen LogP contribution in [0, 0.1) is 0 Å². The van der Waals surface area contributed by atoms with Crippen molar-refractivity contribution in [2.75, 3.05) is 0 Å². The van der Waals surface area contributed by atoms with Crippen LogP contribution in [0.4, 0.5) is 0 Å². The highest BCUT2D eigenvalue weighted by atomic mass is 16.1. The normalized spacial score (nSPS) is 11.0. The summed E-state index contributed by atoms with van der Waals surface area (Å²) in [6.45, 7) is 0.399. The summed E-state index contributed by atoms with van der Waals surface area (Å²) in [6, 6.07) is 23.7. The average molecular weight is 378 g/mol. The molecule has 0 aliphatic rings. The molecule has 0 saturated heterocycles. The van der Waals surface area contributed by atoms with Gasteiger partial charge in [-0.1, -0.05) is 48.5 Å². The van der Waals surface area contributed by atoms with E-state index >= 15 is 0 Å². The third-order valence-electron chi connectivity index (χ3n) is 5.04. The van der Waals surface area contributed by atoms with Crippen molar-refractivity contribution in [3.05, 3.63) is 103 Å². The van der Waals surface area contributed by atoms with Crippen molar-refractivity contribution < 1.29 is 4.79 Å². The largest absolute Gasteiger partial charge is 0.348 e. The molecule has 5 rings (SSSR count). The Bertz CT molecular complexity index is 1330. The Balaban J connectivity index is 1.50. The van der Waals surface area contributed by atoms with Crippen molar-refractivity contribution in [3.63, 3.8) is 0 Å². The molecule has 0 aliphatic carbocycles. The second kappa shape index (κ2) is 7.20. The highest BCUT2D eigenvalue weighted by molar-refractivity contribution is 6.15. The Hall–Kier alpha value is -3.99. The predicted molar refractivity (Wildman–Crippen MR) is 114 cm³/mol. The summed E-state index contributed by atoms with van der Waals surface area (Å²) in [5.41, 5.74) is 3.22. The maximum atomic E-state index is 13.1. The molecule has 3 aromatic carbocycles. The number of pyridine rings is 1. The summed E-state index contributed by atoms with van der Waals surface area (Å²) in [4.78, 5) is 17.6. The van der Waals surface area contributed by atoms with Crippen molar-refractivity contribution in [1.29, 1.82) is 0 Å². The van der Waals surface area contributed by atoms with E-state index in [1.807, 2.05) is 72.9 Å². The van der Waals surface area contributed by atoms with Crippen molar-refractivity contribution >= 4 is 27.6 Å². The molecule has 5 aromatic rings. The Labute approximate surface area is 167 Å². The lowest BCUT2D eigenvalue weighted by Crippen LogP contribution is -2.24. The topological polar surface area (TPSA) is 59.8 Å². The van der Waals surface area contributed by atoms with Crippen LogP contribution in [0.3, 0.4) is 0 Å². The number of aromatic nitrogens is 3. The monoisotopic (exact) mass is 378 g/mol. The molecule has 0 unspecified atom stereocenters.